The Balaban J connectivity index is 1.39. The number of hydrogen-bond acceptors (Lipinski definition) is 8. The van der Waals surface area contributed by atoms with Crippen LogP contribution < -0.4 is 11.0 Å². The predicted octanol–water partition coefficient (Wildman–Crippen LogP) is 3.02. The zero-order valence-corrected chi connectivity index (χ0v) is 18.7. The Hall–Kier alpha value is -3.80. The Bertz CT molecular complexity index is 1460. The molecular weight excluding hydrogens is 448 g/mol. The van der Waals surface area contributed by atoms with Gasteiger partial charge in [0, 0.05) is 4.88 Å². The van der Waals surface area contributed by atoms with Crippen LogP contribution in [0, 0.1) is 23.0 Å². The van der Waals surface area contributed by atoms with Gasteiger partial charge in [0.25, 0.3) is 5.56 Å². The molecule has 0 saturated heterocycles. The van der Waals surface area contributed by atoms with Gasteiger partial charge >= 0.3 is 11.6 Å². The number of nitrogens with one attached hydrogen (secondary N) is 1. The lowest BCUT2D eigenvalue weighted by molar-refractivity contribution is -0.385. The molecule has 4 aromatic heterocycles. The maximum atomic E-state index is 13.3. The molecule has 11 nitrogen and oxygen atoms in total. The van der Waals surface area contributed by atoms with Gasteiger partial charge in [0.05, 0.1) is 16.9 Å². The van der Waals surface area contributed by atoms with Gasteiger partial charge in [-0.05, 0) is 49.8 Å². The van der Waals surface area contributed by atoms with Crippen LogP contribution in [0.3, 0.4) is 0 Å². The van der Waals surface area contributed by atoms with Crippen LogP contribution in [0.15, 0.2) is 33.7 Å². The first-order valence-electron chi connectivity index (χ1n) is 10.4. The summed E-state index contributed by atoms with van der Waals surface area (Å²) in [6.07, 6.45) is 5.20. The van der Waals surface area contributed by atoms with Gasteiger partial charge in [0.1, 0.15) is 28.8 Å². The highest BCUT2D eigenvalue weighted by Gasteiger charge is 2.25. The maximum Gasteiger partial charge on any atom is 0.307 e. The number of fused-ring (bicyclic) bond motifs is 3. The van der Waals surface area contributed by atoms with E-state index >= 15 is 0 Å². The van der Waals surface area contributed by atoms with E-state index in [0.717, 1.165) is 35.7 Å². The SMILES string of the molecule is Cc1nc2sc3c(c2c(=O)n1NC(=O)c1ccc(Cn2cc([N+](=O)[O-])cn2)o1)CC[C@@H](C)C3. The van der Waals surface area contributed by atoms with Crippen LogP contribution in [0.1, 0.15) is 45.9 Å². The number of nitro groups is 1. The fourth-order valence-corrected chi connectivity index (χ4v) is 5.48. The van der Waals surface area contributed by atoms with Crippen molar-refractivity contribution < 1.29 is 14.1 Å². The quantitative estimate of drug-likeness (QED) is 0.351. The number of aromatic nitrogens is 4. The average Bonchev–Trinajstić information content (AvgIpc) is 3.49. The molecule has 12 heteroatoms. The minimum atomic E-state index is -0.600. The summed E-state index contributed by atoms with van der Waals surface area (Å²) in [6, 6.07) is 3.05. The molecule has 33 heavy (non-hydrogen) atoms. The third kappa shape index (κ3) is 3.82. The minimum Gasteiger partial charge on any atom is -0.454 e. The molecule has 0 radical (unpaired) electrons. The molecule has 4 heterocycles. The van der Waals surface area contributed by atoms with Crippen molar-refractivity contribution in [1.29, 1.82) is 0 Å². The first kappa shape index (κ1) is 21.1. The summed E-state index contributed by atoms with van der Waals surface area (Å²) < 4.78 is 8.07. The number of hydrogen-bond donors (Lipinski definition) is 1. The van der Waals surface area contributed by atoms with Crippen molar-refractivity contribution in [1.82, 2.24) is 19.4 Å². The van der Waals surface area contributed by atoms with E-state index in [1.807, 2.05) is 0 Å². The van der Waals surface area contributed by atoms with Gasteiger partial charge in [-0.3, -0.25) is 29.8 Å². The number of furan rings is 1. The summed E-state index contributed by atoms with van der Waals surface area (Å²) in [7, 11) is 0. The van der Waals surface area contributed by atoms with Crippen LogP contribution in [-0.4, -0.2) is 30.3 Å². The molecule has 0 unspecified atom stereocenters. The first-order chi connectivity index (χ1) is 15.8. The zero-order chi connectivity index (χ0) is 23.3. The summed E-state index contributed by atoms with van der Waals surface area (Å²) >= 11 is 1.56. The summed E-state index contributed by atoms with van der Waals surface area (Å²) in [6.45, 7) is 3.99. The lowest BCUT2D eigenvalue weighted by Gasteiger charge is -2.17. The molecular formula is C21H20N6O5S. The van der Waals surface area contributed by atoms with Crippen molar-refractivity contribution in [2.24, 2.45) is 5.92 Å². The number of nitrogens with zero attached hydrogens (tertiary/aromatic N) is 5. The molecule has 1 atom stereocenters. The van der Waals surface area contributed by atoms with Crippen molar-refractivity contribution in [2.45, 2.75) is 39.7 Å². The number of carbonyl (C=O) groups is 1. The summed E-state index contributed by atoms with van der Waals surface area (Å²) in [5.74, 6) is 0.741. The Kier molecular flexibility index (Phi) is 5.08. The van der Waals surface area contributed by atoms with Crippen molar-refractivity contribution >= 4 is 33.1 Å². The molecule has 0 saturated carbocycles. The number of amides is 1. The third-order valence-corrected chi connectivity index (χ3v) is 6.89. The summed E-state index contributed by atoms with van der Waals surface area (Å²) in [5.41, 5.74) is 3.20. The Labute approximate surface area is 190 Å². The van der Waals surface area contributed by atoms with E-state index in [1.165, 1.54) is 21.8 Å². The molecule has 0 aromatic carbocycles. The maximum absolute atomic E-state index is 13.3. The highest BCUT2D eigenvalue weighted by molar-refractivity contribution is 7.18. The fraction of sp³-hybridized carbons (Fsp3) is 0.333. The lowest BCUT2D eigenvalue weighted by atomic mass is 9.89. The van der Waals surface area contributed by atoms with Crippen molar-refractivity contribution in [2.75, 3.05) is 5.43 Å². The van der Waals surface area contributed by atoms with Crippen LogP contribution >= 0.6 is 11.3 Å². The fourth-order valence-electron chi connectivity index (χ4n) is 4.06. The van der Waals surface area contributed by atoms with Crippen molar-refractivity contribution in [3.63, 3.8) is 0 Å². The molecule has 1 aliphatic rings. The van der Waals surface area contributed by atoms with Gasteiger partial charge in [0.15, 0.2) is 5.76 Å². The van der Waals surface area contributed by atoms with Gasteiger partial charge in [-0.25, -0.2) is 9.66 Å². The van der Waals surface area contributed by atoms with Crippen LogP contribution in [0.4, 0.5) is 5.69 Å². The average molecular weight is 468 g/mol. The van der Waals surface area contributed by atoms with Gasteiger partial charge < -0.3 is 4.42 Å². The molecule has 0 bridgehead atoms. The normalized spacial score (nSPS) is 15.5. The molecule has 1 amide bonds. The predicted molar refractivity (Wildman–Crippen MR) is 120 cm³/mol. The number of rotatable bonds is 5. The number of aryl methyl sites for hydroxylation is 2. The van der Waals surface area contributed by atoms with E-state index in [0.29, 0.717) is 27.7 Å². The molecule has 1 aliphatic carbocycles. The molecule has 170 valence electrons. The summed E-state index contributed by atoms with van der Waals surface area (Å²) in [5, 5.41) is 15.3. The highest BCUT2D eigenvalue weighted by Crippen LogP contribution is 2.35. The summed E-state index contributed by atoms with van der Waals surface area (Å²) in [4.78, 5) is 42.7. The molecule has 4 aromatic rings. The van der Waals surface area contributed by atoms with Crippen molar-refractivity contribution in [3.8, 4) is 0 Å². The van der Waals surface area contributed by atoms with Gasteiger partial charge in [0.2, 0.25) is 0 Å². The van der Waals surface area contributed by atoms with E-state index in [2.05, 4.69) is 22.4 Å². The molecule has 1 N–H and O–H groups in total. The van der Waals surface area contributed by atoms with Gasteiger partial charge in [-0.1, -0.05) is 6.92 Å². The van der Waals surface area contributed by atoms with Crippen LogP contribution in [0.25, 0.3) is 10.2 Å². The van der Waals surface area contributed by atoms with Crippen molar-refractivity contribution in [3.05, 3.63) is 72.8 Å². The Morgan fingerprint density at radius 3 is 3.00 bits per heavy atom. The van der Waals surface area contributed by atoms with E-state index in [9.17, 15) is 19.7 Å². The topological polar surface area (TPSA) is 138 Å². The number of thiophene rings is 1. The zero-order valence-electron chi connectivity index (χ0n) is 17.9. The van der Waals surface area contributed by atoms with Gasteiger partial charge in [-0.2, -0.15) is 5.10 Å². The largest absolute Gasteiger partial charge is 0.454 e. The first-order valence-corrected chi connectivity index (χ1v) is 11.2. The third-order valence-electron chi connectivity index (χ3n) is 5.74. The minimum absolute atomic E-state index is 0.000718. The van der Waals surface area contributed by atoms with E-state index in [-0.39, 0.29) is 23.6 Å². The molecule has 0 aliphatic heterocycles. The van der Waals surface area contributed by atoms with Crippen LogP contribution in [-0.2, 0) is 19.4 Å². The Morgan fingerprint density at radius 2 is 2.24 bits per heavy atom. The second kappa shape index (κ2) is 7.96. The van der Waals surface area contributed by atoms with E-state index in [4.69, 9.17) is 4.42 Å². The van der Waals surface area contributed by atoms with Crippen LogP contribution in [0.2, 0.25) is 0 Å². The number of carbonyl (C=O) groups excluding carboxylic acids is 1. The highest BCUT2D eigenvalue weighted by atomic mass is 32.1. The van der Waals surface area contributed by atoms with E-state index < -0.39 is 10.8 Å². The smallest absolute Gasteiger partial charge is 0.307 e. The molecule has 0 spiro atoms. The van der Waals surface area contributed by atoms with Gasteiger partial charge in [-0.15, -0.1) is 11.3 Å². The monoisotopic (exact) mass is 468 g/mol. The molecule has 5 rings (SSSR count). The second-order valence-electron chi connectivity index (χ2n) is 8.19. The molecule has 0 fully saturated rings. The lowest BCUT2D eigenvalue weighted by Crippen LogP contribution is -2.35. The standard InChI is InChI=1S/C21H20N6O5S/c1-11-3-5-15-17(7-11)33-20-18(15)21(29)26(12(2)23-20)24-19(28)16-6-4-14(32-16)10-25-9-13(8-22-25)27(30)31/h4,6,8-9,11H,3,5,7,10H2,1-2H3,(H,24,28)/t11-/m1/s1. The van der Waals surface area contributed by atoms with E-state index in [1.54, 1.807) is 24.3 Å². The van der Waals surface area contributed by atoms with Crippen LogP contribution in [0.5, 0.6) is 0 Å². The Morgan fingerprint density at radius 1 is 1.42 bits per heavy atom. The second-order valence-corrected chi connectivity index (χ2v) is 9.28.